The summed E-state index contributed by atoms with van der Waals surface area (Å²) in [5, 5.41) is 0. The van der Waals surface area contributed by atoms with Crippen molar-refractivity contribution in [2.24, 2.45) is 0 Å². The largest absolute Gasteiger partial charge is 0.460 e. The predicted octanol–water partition coefficient (Wildman–Crippen LogP) is 0.720. The highest BCUT2D eigenvalue weighted by molar-refractivity contribution is 7.80. The molecular weight excluding hydrogens is 264 g/mol. The molecule has 18 heavy (non-hydrogen) atoms. The van der Waals surface area contributed by atoms with Gasteiger partial charge in [-0.15, -0.1) is 0 Å². The Morgan fingerprint density at radius 2 is 1.89 bits per heavy atom. The molecule has 0 aromatic rings. The standard InChI is InChI=1S/C10H18O7S/c1-8(2)9(11)16-6-5-15-7-10(3,4)17-18(12,13)14/h1,5-7H2,2-4H3,(H,12,13,14). The van der Waals surface area contributed by atoms with Crippen LogP contribution in [0, 0.1) is 0 Å². The van der Waals surface area contributed by atoms with E-state index in [0.717, 1.165) is 0 Å². The van der Waals surface area contributed by atoms with Crippen LogP contribution in [0.25, 0.3) is 0 Å². The molecule has 0 atom stereocenters. The average molecular weight is 282 g/mol. The molecule has 0 rings (SSSR count). The van der Waals surface area contributed by atoms with E-state index in [0.29, 0.717) is 0 Å². The molecular formula is C10H18O7S. The predicted molar refractivity (Wildman–Crippen MR) is 63.3 cm³/mol. The Kier molecular flexibility index (Phi) is 6.47. The summed E-state index contributed by atoms with van der Waals surface area (Å²) in [5.41, 5.74) is -0.920. The minimum absolute atomic E-state index is 0.0215. The van der Waals surface area contributed by atoms with Gasteiger partial charge in [0.05, 0.1) is 13.2 Å². The molecule has 1 N–H and O–H groups in total. The van der Waals surface area contributed by atoms with E-state index < -0.39 is 22.0 Å². The van der Waals surface area contributed by atoms with E-state index >= 15 is 0 Å². The van der Waals surface area contributed by atoms with E-state index in [4.69, 9.17) is 14.0 Å². The lowest BCUT2D eigenvalue weighted by Gasteiger charge is -2.22. The maximum Gasteiger partial charge on any atom is 0.397 e. The van der Waals surface area contributed by atoms with Crippen LogP contribution in [0.1, 0.15) is 20.8 Å². The van der Waals surface area contributed by atoms with Gasteiger partial charge in [-0.05, 0) is 20.8 Å². The fourth-order valence-electron chi connectivity index (χ4n) is 0.944. The molecule has 0 spiro atoms. The maximum absolute atomic E-state index is 11.0. The van der Waals surface area contributed by atoms with Crippen molar-refractivity contribution in [1.82, 2.24) is 0 Å². The van der Waals surface area contributed by atoms with Crippen molar-refractivity contribution in [2.45, 2.75) is 26.4 Å². The number of carbonyl (C=O) groups excluding carboxylic acids is 1. The first-order valence-electron chi connectivity index (χ1n) is 5.12. The van der Waals surface area contributed by atoms with Crippen LogP contribution >= 0.6 is 0 Å². The van der Waals surface area contributed by atoms with Gasteiger partial charge in [0.1, 0.15) is 12.2 Å². The Morgan fingerprint density at radius 3 is 2.33 bits per heavy atom. The highest BCUT2D eigenvalue weighted by atomic mass is 32.3. The zero-order valence-corrected chi connectivity index (χ0v) is 11.4. The quantitative estimate of drug-likeness (QED) is 0.303. The highest BCUT2D eigenvalue weighted by Gasteiger charge is 2.25. The van der Waals surface area contributed by atoms with Gasteiger partial charge in [-0.2, -0.15) is 8.42 Å². The van der Waals surface area contributed by atoms with Crippen LogP contribution in [-0.2, 0) is 28.9 Å². The second kappa shape index (κ2) is 6.83. The van der Waals surface area contributed by atoms with Crippen LogP contribution < -0.4 is 0 Å². The van der Waals surface area contributed by atoms with Crippen molar-refractivity contribution >= 4 is 16.4 Å². The highest BCUT2D eigenvalue weighted by Crippen LogP contribution is 2.12. The lowest BCUT2D eigenvalue weighted by molar-refractivity contribution is -0.140. The van der Waals surface area contributed by atoms with Crippen LogP contribution in [-0.4, -0.2) is 44.4 Å². The number of ether oxygens (including phenoxy) is 2. The van der Waals surface area contributed by atoms with Gasteiger partial charge >= 0.3 is 16.4 Å². The summed E-state index contributed by atoms with van der Waals surface area (Å²) in [5.74, 6) is -0.521. The van der Waals surface area contributed by atoms with E-state index in [-0.39, 0.29) is 25.4 Å². The molecule has 0 aliphatic carbocycles. The topological polar surface area (TPSA) is 99.1 Å². The molecule has 0 aliphatic heterocycles. The minimum atomic E-state index is -4.53. The molecule has 7 nitrogen and oxygen atoms in total. The van der Waals surface area contributed by atoms with Gasteiger partial charge in [0.2, 0.25) is 0 Å². The Bertz CT molecular complexity index is 396. The van der Waals surface area contributed by atoms with Crippen LogP contribution in [0.5, 0.6) is 0 Å². The molecule has 0 saturated carbocycles. The summed E-state index contributed by atoms with van der Waals surface area (Å²) < 4.78 is 43.7. The molecule has 0 fully saturated rings. The zero-order chi connectivity index (χ0) is 14.4. The lowest BCUT2D eigenvalue weighted by Crippen LogP contribution is -2.33. The van der Waals surface area contributed by atoms with E-state index in [1.54, 1.807) is 0 Å². The first-order valence-corrected chi connectivity index (χ1v) is 6.48. The van der Waals surface area contributed by atoms with E-state index in [9.17, 15) is 13.2 Å². The monoisotopic (exact) mass is 282 g/mol. The van der Waals surface area contributed by atoms with Crippen molar-refractivity contribution in [2.75, 3.05) is 19.8 Å². The van der Waals surface area contributed by atoms with Crippen LogP contribution in [0.15, 0.2) is 12.2 Å². The van der Waals surface area contributed by atoms with Crippen LogP contribution in [0.2, 0.25) is 0 Å². The first kappa shape index (κ1) is 17.0. The van der Waals surface area contributed by atoms with Gasteiger partial charge in [-0.3, -0.25) is 4.55 Å². The molecule has 0 aliphatic rings. The van der Waals surface area contributed by atoms with Gasteiger partial charge in [0.15, 0.2) is 0 Å². The fraction of sp³-hybridized carbons (Fsp3) is 0.700. The number of hydrogen-bond acceptors (Lipinski definition) is 6. The molecule has 106 valence electrons. The summed E-state index contributed by atoms with van der Waals surface area (Å²) in [6, 6.07) is 0. The average Bonchev–Trinajstić information content (AvgIpc) is 2.12. The minimum Gasteiger partial charge on any atom is -0.460 e. The van der Waals surface area contributed by atoms with Gasteiger partial charge < -0.3 is 9.47 Å². The number of rotatable bonds is 8. The Morgan fingerprint density at radius 1 is 1.33 bits per heavy atom. The van der Waals surface area contributed by atoms with Crippen LogP contribution in [0.4, 0.5) is 0 Å². The molecule has 0 amide bonds. The summed E-state index contributed by atoms with van der Waals surface area (Å²) in [7, 11) is -4.53. The Labute approximate surface area is 107 Å². The van der Waals surface area contributed by atoms with E-state index in [2.05, 4.69) is 10.8 Å². The second-order valence-corrected chi connectivity index (χ2v) is 5.26. The van der Waals surface area contributed by atoms with Gasteiger partial charge in [0.25, 0.3) is 0 Å². The van der Waals surface area contributed by atoms with E-state index in [1.165, 1.54) is 20.8 Å². The smallest absolute Gasteiger partial charge is 0.397 e. The van der Waals surface area contributed by atoms with Gasteiger partial charge in [-0.1, -0.05) is 6.58 Å². The van der Waals surface area contributed by atoms with Crippen molar-refractivity contribution < 1.29 is 31.4 Å². The molecule has 0 bridgehead atoms. The van der Waals surface area contributed by atoms with E-state index in [1.807, 2.05) is 0 Å². The molecule has 8 heteroatoms. The summed E-state index contributed by atoms with van der Waals surface area (Å²) >= 11 is 0. The molecule has 0 heterocycles. The number of carbonyl (C=O) groups is 1. The first-order chi connectivity index (χ1) is 8.03. The third-order valence-electron chi connectivity index (χ3n) is 1.59. The SMILES string of the molecule is C=C(C)C(=O)OCCOCC(C)(C)OS(=O)(=O)O. The summed E-state index contributed by atoms with van der Waals surface area (Å²) in [6.07, 6.45) is 0. The van der Waals surface area contributed by atoms with Crippen molar-refractivity contribution in [3.63, 3.8) is 0 Å². The van der Waals surface area contributed by atoms with Crippen LogP contribution in [0.3, 0.4) is 0 Å². The third-order valence-corrected chi connectivity index (χ3v) is 2.25. The molecule has 0 aromatic heterocycles. The lowest BCUT2D eigenvalue weighted by atomic mass is 10.2. The molecule has 0 saturated heterocycles. The number of hydrogen-bond donors (Lipinski definition) is 1. The summed E-state index contributed by atoms with van der Waals surface area (Å²) in [6.45, 7) is 7.80. The Hall–Kier alpha value is -0.960. The zero-order valence-electron chi connectivity index (χ0n) is 10.6. The van der Waals surface area contributed by atoms with Gasteiger partial charge in [0, 0.05) is 5.57 Å². The van der Waals surface area contributed by atoms with Crippen molar-refractivity contribution in [3.05, 3.63) is 12.2 Å². The van der Waals surface area contributed by atoms with Crippen molar-refractivity contribution in [3.8, 4) is 0 Å². The third kappa shape index (κ3) is 9.11. The fourth-order valence-corrected chi connectivity index (χ4v) is 1.56. The molecule has 0 unspecified atom stereocenters. The maximum atomic E-state index is 11.0. The molecule has 0 radical (unpaired) electrons. The normalized spacial score (nSPS) is 12.2. The second-order valence-electron chi connectivity index (χ2n) is 4.24. The number of esters is 1. The molecule has 0 aromatic carbocycles. The Balaban J connectivity index is 3.85. The van der Waals surface area contributed by atoms with Gasteiger partial charge in [-0.25, -0.2) is 8.98 Å². The van der Waals surface area contributed by atoms with Crippen molar-refractivity contribution in [1.29, 1.82) is 0 Å². The summed E-state index contributed by atoms with van der Waals surface area (Å²) in [4.78, 5) is 11.0.